The van der Waals surface area contributed by atoms with Crippen molar-refractivity contribution in [2.24, 2.45) is 0 Å². The van der Waals surface area contributed by atoms with Gasteiger partial charge in [-0.05, 0) is 31.2 Å². The van der Waals surface area contributed by atoms with Gasteiger partial charge in [-0.15, -0.1) is 0 Å². The first-order chi connectivity index (χ1) is 11.7. The Labute approximate surface area is 143 Å². The number of likely N-dealkylation sites (tertiary alicyclic amines) is 1. The predicted molar refractivity (Wildman–Crippen MR) is 91.3 cm³/mol. The lowest BCUT2D eigenvalue weighted by atomic mass is 9.86. The van der Waals surface area contributed by atoms with Crippen molar-refractivity contribution in [3.8, 4) is 0 Å². The maximum absolute atomic E-state index is 12.3. The molecule has 1 aromatic rings. The number of piperidine rings is 1. The summed E-state index contributed by atoms with van der Waals surface area (Å²) in [5.41, 5.74) is 1.12. The summed E-state index contributed by atoms with van der Waals surface area (Å²) in [5, 5.41) is 3.11. The van der Waals surface area contributed by atoms with Crippen LogP contribution in [0, 0.1) is 0 Å². The largest absolute Gasteiger partial charge is 0.377 e. The third-order valence-electron chi connectivity index (χ3n) is 5.10. The SMILES string of the molecule is O=C1CCC2(CCN(C(=O)CCCOCc3ccccc3)CC2)N1. The van der Waals surface area contributed by atoms with E-state index in [1.165, 1.54) is 0 Å². The maximum atomic E-state index is 12.3. The Kier molecular flexibility index (Phi) is 5.51. The van der Waals surface area contributed by atoms with Crippen molar-refractivity contribution in [1.82, 2.24) is 10.2 Å². The summed E-state index contributed by atoms with van der Waals surface area (Å²) in [7, 11) is 0. The van der Waals surface area contributed by atoms with Gasteiger partial charge in [0.15, 0.2) is 0 Å². The monoisotopic (exact) mass is 330 g/mol. The molecular weight excluding hydrogens is 304 g/mol. The van der Waals surface area contributed by atoms with Crippen molar-refractivity contribution in [2.75, 3.05) is 19.7 Å². The van der Waals surface area contributed by atoms with Gasteiger partial charge in [0, 0.05) is 38.1 Å². The fourth-order valence-electron chi connectivity index (χ4n) is 3.58. The molecule has 0 bridgehead atoms. The van der Waals surface area contributed by atoms with Gasteiger partial charge in [0.05, 0.1) is 6.61 Å². The molecule has 2 amide bonds. The molecule has 1 N–H and O–H groups in total. The number of ether oxygens (including phenoxy) is 1. The first-order valence-corrected chi connectivity index (χ1v) is 8.87. The van der Waals surface area contributed by atoms with Gasteiger partial charge in [-0.1, -0.05) is 30.3 Å². The van der Waals surface area contributed by atoms with E-state index in [-0.39, 0.29) is 17.4 Å². The quantitative estimate of drug-likeness (QED) is 0.814. The van der Waals surface area contributed by atoms with E-state index in [0.717, 1.165) is 44.3 Å². The number of amides is 2. The Morgan fingerprint density at radius 3 is 2.58 bits per heavy atom. The second-order valence-corrected chi connectivity index (χ2v) is 6.85. The summed E-state index contributed by atoms with van der Waals surface area (Å²) in [6.07, 6.45) is 4.61. The first-order valence-electron chi connectivity index (χ1n) is 8.87. The minimum absolute atomic E-state index is 0.0351. The van der Waals surface area contributed by atoms with Crippen LogP contribution < -0.4 is 5.32 Å². The van der Waals surface area contributed by atoms with Gasteiger partial charge in [-0.2, -0.15) is 0 Å². The molecule has 5 heteroatoms. The van der Waals surface area contributed by atoms with Crippen LogP contribution in [0.5, 0.6) is 0 Å². The Balaban J connectivity index is 1.31. The highest BCUT2D eigenvalue weighted by molar-refractivity contribution is 5.80. The third-order valence-corrected chi connectivity index (χ3v) is 5.10. The van der Waals surface area contributed by atoms with Crippen molar-refractivity contribution in [1.29, 1.82) is 0 Å². The molecule has 1 spiro atoms. The molecule has 2 aliphatic rings. The first kappa shape index (κ1) is 17.0. The molecule has 2 heterocycles. The third kappa shape index (κ3) is 4.35. The highest BCUT2D eigenvalue weighted by Gasteiger charge is 2.40. The van der Waals surface area contributed by atoms with Crippen LogP contribution in [0.1, 0.15) is 44.1 Å². The highest BCUT2D eigenvalue weighted by Crippen LogP contribution is 2.31. The Hall–Kier alpha value is -1.88. The molecule has 3 rings (SSSR count). The molecule has 2 aliphatic heterocycles. The van der Waals surface area contributed by atoms with Crippen LogP contribution in [0.25, 0.3) is 0 Å². The molecule has 5 nitrogen and oxygen atoms in total. The van der Waals surface area contributed by atoms with E-state index in [9.17, 15) is 9.59 Å². The summed E-state index contributed by atoms with van der Waals surface area (Å²) in [5.74, 6) is 0.364. The second kappa shape index (κ2) is 7.79. The number of rotatable bonds is 6. The number of benzene rings is 1. The van der Waals surface area contributed by atoms with Gasteiger partial charge in [0.2, 0.25) is 11.8 Å². The minimum Gasteiger partial charge on any atom is -0.377 e. The van der Waals surface area contributed by atoms with E-state index < -0.39 is 0 Å². The van der Waals surface area contributed by atoms with Gasteiger partial charge in [-0.25, -0.2) is 0 Å². The van der Waals surface area contributed by atoms with Crippen LogP contribution in [0.3, 0.4) is 0 Å². The predicted octanol–water partition coefficient (Wildman–Crippen LogP) is 2.25. The molecule has 0 radical (unpaired) electrons. The van der Waals surface area contributed by atoms with Gasteiger partial charge in [0.25, 0.3) is 0 Å². The van der Waals surface area contributed by atoms with Crippen LogP contribution in [0.4, 0.5) is 0 Å². The van der Waals surface area contributed by atoms with Crippen molar-refractivity contribution in [3.05, 3.63) is 35.9 Å². The topological polar surface area (TPSA) is 58.6 Å². The molecule has 0 aliphatic carbocycles. The summed E-state index contributed by atoms with van der Waals surface area (Å²) in [6.45, 7) is 2.71. The lowest BCUT2D eigenvalue weighted by Crippen LogP contribution is -2.52. The number of nitrogens with one attached hydrogen (secondary N) is 1. The van der Waals surface area contributed by atoms with E-state index in [1.54, 1.807) is 0 Å². The Bertz CT molecular complexity index is 565. The Morgan fingerprint density at radius 1 is 1.17 bits per heavy atom. The van der Waals surface area contributed by atoms with Crippen molar-refractivity contribution < 1.29 is 14.3 Å². The van der Waals surface area contributed by atoms with E-state index in [4.69, 9.17) is 4.74 Å². The van der Waals surface area contributed by atoms with E-state index in [1.807, 2.05) is 35.2 Å². The van der Waals surface area contributed by atoms with Gasteiger partial charge in [-0.3, -0.25) is 9.59 Å². The molecule has 24 heavy (non-hydrogen) atoms. The zero-order valence-electron chi connectivity index (χ0n) is 14.1. The molecular formula is C19H26N2O3. The van der Waals surface area contributed by atoms with Gasteiger partial charge < -0.3 is 15.0 Å². The van der Waals surface area contributed by atoms with Crippen LogP contribution in [-0.4, -0.2) is 41.9 Å². The number of hydrogen-bond donors (Lipinski definition) is 1. The van der Waals surface area contributed by atoms with E-state index in [0.29, 0.717) is 26.1 Å². The van der Waals surface area contributed by atoms with Crippen molar-refractivity contribution in [3.63, 3.8) is 0 Å². The van der Waals surface area contributed by atoms with Crippen LogP contribution in [0.15, 0.2) is 30.3 Å². The van der Waals surface area contributed by atoms with E-state index >= 15 is 0 Å². The normalized spacial score (nSPS) is 19.5. The summed E-state index contributed by atoms with van der Waals surface area (Å²) in [4.78, 5) is 25.7. The highest BCUT2D eigenvalue weighted by atomic mass is 16.5. The Morgan fingerprint density at radius 2 is 1.92 bits per heavy atom. The minimum atomic E-state index is -0.0351. The van der Waals surface area contributed by atoms with Crippen LogP contribution in [-0.2, 0) is 20.9 Å². The van der Waals surface area contributed by atoms with Crippen molar-refractivity contribution in [2.45, 2.75) is 50.7 Å². The second-order valence-electron chi connectivity index (χ2n) is 6.85. The molecule has 1 aromatic carbocycles. The summed E-state index contributed by atoms with van der Waals surface area (Å²) in [6, 6.07) is 10.1. The number of carbonyl (C=O) groups excluding carboxylic acids is 2. The molecule has 2 fully saturated rings. The van der Waals surface area contributed by atoms with Crippen LogP contribution >= 0.6 is 0 Å². The average molecular weight is 330 g/mol. The fraction of sp³-hybridized carbons (Fsp3) is 0.579. The smallest absolute Gasteiger partial charge is 0.222 e. The average Bonchev–Trinajstić information content (AvgIpc) is 2.96. The van der Waals surface area contributed by atoms with E-state index in [2.05, 4.69) is 5.32 Å². The molecule has 2 saturated heterocycles. The van der Waals surface area contributed by atoms with Gasteiger partial charge in [0.1, 0.15) is 0 Å². The molecule has 0 atom stereocenters. The number of nitrogens with zero attached hydrogens (tertiary/aromatic N) is 1. The fourth-order valence-corrected chi connectivity index (χ4v) is 3.58. The standard InChI is InChI=1S/C19H26N2O3/c22-17-8-9-19(20-17)10-12-21(13-11-19)18(23)7-4-14-24-15-16-5-2-1-3-6-16/h1-3,5-6H,4,7-15H2,(H,20,22). The lowest BCUT2D eigenvalue weighted by molar-refractivity contribution is -0.133. The summed E-state index contributed by atoms with van der Waals surface area (Å²) >= 11 is 0. The zero-order chi connectivity index (χ0) is 16.8. The lowest BCUT2D eigenvalue weighted by Gasteiger charge is -2.39. The van der Waals surface area contributed by atoms with Gasteiger partial charge >= 0.3 is 0 Å². The summed E-state index contributed by atoms with van der Waals surface area (Å²) < 4.78 is 5.63. The molecule has 0 unspecified atom stereocenters. The molecule has 130 valence electrons. The maximum Gasteiger partial charge on any atom is 0.222 e. The zero-order valence-corrected chi connectivity index (χ0v) is 14.1. The number of carbonyl (C=O) groups is 2. The van der Waals surface area contributed by atoms with Crippen molar-refractivity contribution >= 4 is 11.8 Å². The number of hydrogen-bond acceptors (Lipinski definition) is 3. The molecule has 0 aromatic heterocycles. The van der Waals surface area contributed by atoms with Crippen LogP contribution in [0.2, 0.25) is 0 Å². The molecule has 0 saturated carbocycles.